The lowest BCUT2D eigenvalue weighted by Crippen LogP contribution is -2.45. The fraction of sp³-hybridized carbons (Fsp3) is 0.300. The van der Waals surface area contributed by atoms with E-state index in [-0.39, 0.29) is 36.5 Å². The molecule has 0 saturated carbocycles. The molecule has 152 valence electrons. The summed E-state index contributed by atoms with van der Waals surface area (Å²) in [5.41, 5.74) is 2.35. The van der Waals surface area contributed by atoms with E-state index in [4.69, 9.17) is 0 Å². The number of aryl methyl sites for hydroxylation is 2. The summed E-state index contributed by atoms with van der Waals surface area (Å²) >= 11 is 0. The number of nitrogens with one attached hydrogen (secondary N) is 1. The van der Waals surface area contributed by atoms with Gasteiger partial charge in [-0.05, 0) is 37.3 Å². The molecule has 1 N–H and O–H groups in total. The Hall–Kier alpha value is -2.91. The van der Waals surface area contributed by atoms with E-state index in [9.17, 15) is 13.2 Å². The van der Waals surface area contributed by atoms with E-state index in [0.29, 0.717) is 5.69 Å². The lowest BCUT2D eigenvalue weighted by molar-refractivity contribution is 0.0934. The van der Waals surface area contributed by atoms with Gasteiger partial charge in [0.15, 0.2) is 0 Å². The third-order valence-corrected chi connectivity index (χ3v) is 7.01. The Morgan fingerprint density at radius 1 is 1.21 bits per heavy atom. The van der Waals surface area contributed by atoms with Crippen molar-refractivity contribution in [2.24, 2.45) is 7.05 Å². The molecule has 0 saturated heterocycles. The molecule has 1 aliphatic rings. The quantitative estimate of drug-likeness (QED) is 0.690. The van der Waals surface area contributed by atoms with Crippen LogP contribution in [0.15, 0.2) is 59.8 Å². The summed E-state index contributed by atoms with van der Waals surface area (Å²) in [5, 5.41) is 7.24. The molecule has 0 fully saturated rings. The van der Waals surface area contributed by atoms with E-state index >= 15 is 0 Å². The van der Waals surface area contributed by atoms with Gasteiger partial charge in [0.25, 0.3) is 5.91 Å². The average molecular weight is 414 g/mol. The molecule has 3 aromatic rings. The first-order valence-corrected chi connectivity index (χ1v) is 10.8. The molecular weight excluding hydrogens is 390 g/mol. The molecule has 0 bridgehead atoms. The summed E-state index contributed by atoms with van der Waals surface area (Å²) in [6, 6.07) is 11.9. The van der Waals surface area contributed by atoms with Gasteiger partial charge >= 0.3 is 0 Å². The maximum absolute atomic E-state index is 13.2. The summed E-state index contributed by atoms with van der Waals surface area (Å²) < 4.78 is 31.3. The van der Waals surface area contributed by atoms with Crippen molar-refractivity contribution in [3.05, 3.63) is 71.8 Å². The minimum atomic E-state index is -3.65. The molecule has 3 heterocycles. The van der Waals surface area contributed by atoms with Crippen molar-refractivity contribution in [3.63, 3.8) is 0 Å². The number of fused-ring (bicyclic) bond motifs is 1. The predicted molar refractivity (Wildman–Crippen MR) is 108 cm³/mol. The van der Waals surface area contributed by atoms with Gasteiger partial charge in [0.05, 0.1) is 23.2 Å². The molecule has 0 radical (unpaired) electrons. The monoisotopic (exact) mass is 413 g/mol. The van der Waals surface area contributed by atoms with Crippen LogP contribution in [0.3, 0.4) is 0 Å². The van der Waals surface area contributed by atoms with E-state index < -0.39 is 10.0 Å². The van der Waals surface area contributed by atoms with Gasteiger partial charge in [-0.2, -0.15) is 9.40 Å². The SMILES string of the molecule is Cc1ccc(S(=O)(=O)N2Cc3ccnn3[C@H](CNC(=O)c3cccn3C)C2)cc1. The van der Waals surface area contributed by atoms with E-state index in [2.05, 4.69) is 10.4 Å². The fourth-order valence-corrected chi connectivity index (χ4v) is 4.99. The van der Waals surface area contributed by atoms with Crippen LogP contribution < -0.4 is 5.32 Å². The van der Waals surface area contributed by atoms with Gasteiger partial charge < -0.3 is 9.88 Å². The maximum atomic E-state index is 13.2. The molecule has 1 aromatic carbocycles. The molecule has 0 aliphatic carbocycles. The molecule has 0 unspecified atom stereocenters. The molecule has 1 atom stereocenters. The van der Waals surface area contributed by atoms with Crippen molar-refractivity contribution in [1.29, 1.82) is 0 Å². The number of carbonyl (C=O) groups is 1. The molecule has 1 amide bonds. The number of benzene rings is 1. The van der Waals surface area contributed by atoms with Crippen LogP contribution >= 0.6 is 0 Å². The molecule has 1 aliphatic heterocycles. The molecule has 8 nitrogen and oxygen atoms in total. The van der Waals surface area contributed by atoms with Gasteiger partial charge in [-0.1, -0.05) is 17.7 Å². The zero-order valence-corrected chi connectivity index (χ0v) is 17.1. The number of carbonyl (C=O) groups excluding carboxylic acids is 1. The lowest BCUT2D eigenvalue weighted by Gasteiger charge is -2.33. The second-order valence-corrected chi connectivity index (χ2v) is 9.18. The standard InChI is InChI=1S/C20H23N5O3S/c1-15-5-7-18(8-6-15)29(27,28)24-13-16-9-10-22-25(16)17(14-24)12-21-20(26)19-4-3-11-23(19)2/h3-11,17H,12-14H2,1-2H3,(H,21,26)/t17-/m1/s1. The highest BCUT2D eigenvalue weighted by Crippen LogP contribution is 2.26. The van der Waals surface area contributed by atoms with Crippen LogP contribution in [-0.2, 0) is 23.6 Å². The van der Waals surface area contributed by atoms with Gasteiger partial charge in [-0.15, -0.1) is 0 Å². The first-order chi connectivity index (χ1) is 13.9. The number of aromatic nitrogens is 3. The largest absolute Gasteiger partial charge is 0.349 e. The Morgan fingerprint density at radius 2 is 1.97 bits per heavy atom. The number of hydrogen-bond donors (Lipinski definition) is 1. The predicted octanol–water partition coefficient (Wildman–Crippen LogP) is 1.71. The zero-order chi connectivity index (χ0) is 20.6. The fourth-order valence-electron chi connectivity index (χ4n) is 3.54. The van der Waals surface area contributed by atoms with Crippen LogP contribution in [0.5, 0.6) is 0 Å². The number of nitrogens with zero attached hydrogens (tertiary/aromatic N) is 4. The first kappa shape index (κ1) is 19.4. The molecule has 0 spiro atoms. The highest BCUT2D eigenvalue weighted by molar-refractivity contribution is 7.89. The van der Waals surface area contributed by atoms with Gasteiger partial charge in [-0.3, -0.25) is 9.48 Å². The van der Waals surface area contributed by atoms with Crippen LogP contribution in [0.2, 0.25) is 0 Å². The van der Waals surface area contributed by atoms with Crippen LogP contribution in [0, 0.1) is 6.92 Å². The summed E-state index contributed by atoms with van der Waals surface area (Å²) in [6.07, 6.45) is 3.46. The molecular formula is C20H23N5O3S. The van der Waals surface area contributed by atoms with E-state index in [1.807, 2.05) is 13.0 Å². The average Bonchev–Trinajstić information content (AvgIpc) is 3.34. The van der Waals surface area contributed by atoms with Gasteiger partial charge in [-0.25, -0.2) is 8.42 Å². The second kappa shape index (κ2) is 7.49. The molecule has 4 rings (SSSR count). The van der Waals surface area contributed by atoms with E-state index in [1.54, 1.807) is 65.1 Å². The number of rotatable bonds is 5. The zero-order valence-electron chi connectivity index (χ0n) is 16.3. The van der Waals surface area contributed by atoms with Crippen molar-refractivity contribution in [1.82, 2.24) is 24.0 Å². The first-order valence-electron chi connectivity index (χ1n) is 9.35. The third-order valence-electron chi connectivity index (χ3n) is 5.18. The number of hydrogen-bond acceptors (Lipinski definition) is 4. The Kier molecular flexibility index (Phi) is 5.01. The van der Waals surface area contributed by atoms with Crippen molar-refractivity contribution in [3.8, 4) is 0 Å². The molecule has 2 aromatic heterocycles. The van der Waals surface area contributed by atoms with Gasteiger partial charge in [0.2, 0.25) is 10.0 Å². The summed E-state index contributed by atoms with van der Waals surface area (Å²) in [6.45, 7) is 2.68. The third kappa shape index (κ3) is 3.70. The Labute approximate surface area is 169 Å². The van der Waals surface area contributed by atoms with Crippen molar-refractivity contribution in [2.45, 2.75) is 24.4 Å². The Balaban J connectivity index is 1.55. The van der Waals surface area contributed by atoms with Crippen LogP contribution in [-0.4, -0.2) is 46.1 Å². The number of amides is 1. The van der Waals surface area contributed by atoms with E-state index in [0.717, 1.165) is 11.3 Å². The minimum Gasteiger partial charge on any atom is -0.349 e. The highest BCUT2D eigenvalue weighted by atomic mass is 32.2. The lowest BCUT2D eigenvalue weighted by atomic mass is 10.2. The Morgan fingerprint density at radius 3 is 2.66 bits per heavy atom. The summed E-state index contributed by atoms with van der Waals surface area (Å²) in [7, 11) is -1.84. The second-order valence-electron chi connectivity index (χ2n) is 7.25. The van der Waals surface area contributed by atoms with Crippen molar-refractivity contribution >= 4 is 15.9 Å². The summed E-state index contributed by atoms with van der Waals surface area (Å²) in [4.78, 5) is 12.7. The highest BCUT2D eigenvalue weighted by Gasteiger charge is 2.34. The normalized spacial score (nSPS) is 17.1. The van der Waals surface area contributed by atoms with Crippen LogP contribution in [0.25, 0.3) is 0 Å². The van der Waals surface area contributed by atoms with Crippen LogP contribution in [0.1, 0.15) is 27.8 Å². The van der Waals surface area contributed by atoms with Gasteiger partial charge in [0.1, 0.15) is 5.69 Å². The topological polar surface area (TPSA) is 89.2 Å². The minimum absolute atomic E-state index is 0.204. The Bertz CT molecular complexity index is 1130. The van der Waals surface area contributed by atoms with Crippen LogP contribution in [0.4, 0.5) is 0 Å². The summed E-state index contributed by atoms with van der Waals surface area (Å²) in [5.74, 6) is -0.204. The van der Waals surface area contributed by atoms with Crippen molar-refractivity contribution in [2.75, 3.05) is 13.1 Å². The maximum Gasteiger partial charge on any atom is 0.267 e. The molecule has 9 heteroatoms. The number of sulfonamides is 1. The van der Waals surface area contributed by atoms with Crippen molar-refractivity contribution < 1.29 is 13.2 Å². The van der Waals surface area contributed by atoms with Gasteiger partial charge in [0, 0.05) is 32.5 Å². The smallest absolute Gasteiger partial charge is 0.267 e. The molecule has 29 heavy (non-hydrogen) atoms. The van der Waals surface area contributed by atoms with E-state index in [1.165, 1.54) is 4.31 Å².